The Balaban J connectivity index is 1.77. The number of benzene rings is 2. The van der Waals surface area contributed by atoms with Crippen LogP contribution >= 0.6 is 0 Å². The van der Waals surface area contributed by atoms with Crippen LogP contribution in [0.2, 0.25) is 0 Å². The maximum atomic E-state index is 12.6. The zero-order chi connectivity index (χ0) is 22.2. The number of aryl methyl sites for hydroxylation is 1. The van der Waals surface area contributed by atoms with Gasteiger partial charge in [0.2, 0.25) is 5.75 Å². The third kappa shape index (κ3) is 6.02. The van der Waals surface area contributed by atoms with Gasteiger partial charge in [-0.15, -0.1) is 0 Å². The van der Waals surface area contributed by atoms with Crippen molar-refractivity contribution >= 4 is 5.91 Å². The molecule has 0 aliphatic rings. The third-order valence-electron chi connectivity index (χ3n) is 4.85. The van der Waals surface area contributed by atoms with Crippen molar-refractivity contribution < 1.29 is 14.6 Å². The number of carbonyl (C=O) groups is 1. The van der Waals surface area contributed by atoms with E-state index >= 15 is 0 Å². The summed E-state index contributed by atoms with van der Waals surface area (Å²) in [7, 11) is 0. The minimum atomic E-state index is -0.769. The third-order valence-corrected chi connectivity index (χ3v) is 4.85. The van der Waals surface area contributed by atoms with Gasteiger partial charge in [0.15, 0.2) is 5.69 Å². The zero-order valence-electron chi connectivity index (χ0n) is 17.7. The molecule has 0 radical (unpaired) electrons. The fourth-order valence-corrected chi connectivity index (χ4v) is 3.10. The largest absolute Gasteiger partial charge is 0.501 e. The molecule has 0 saturated heterocycles. The van der Waals surface area contributed by atoms with Crippen LogP contribution in [0.25, 0.3) is 0 Å². The normalized spacial score (nSPS) is 11.8. The van der Waals surface area contributed by atoms with Crippen molar-refractivity contribution in [1.29, 1.82) is 0 Å². The summed E-state index contributed by atoms with van der Waals surface area (Å²) in [4.78, 5) is 31.7. The molecule has 3 rings (SSSR count). The first kappa shape index (κ1) is 22.2. The first-order valence-corrected chi connectivity index (χ1v) is 10.3. The van der Waals surface area contributed by atoms with Crippen LogP contribution in [0.4, 0.5) is 0 Å². The van der Waals surface area contributed by atoms with Crippen molar-refractivity contribution in [1.82, 2.24) is 15.3 Å². The number of rotatable bonds is 9. The van der Waals surface area contributed by atoms with Crippen molar-refractivity contribution in [3.8, 4) is 5.75 Å². The maximum absolute atomic E-state index is 12.6. The highest BCUT2D eigenvalue weighted by Gasteiger charge is 2.22. The van der Waals surface area contributed by atoms with Crippen LogP contribution in [0.5, 0.6) is 5.75 Å². The number of hydrogen-bond donors (Lipinski definition) is 3. The molecule has 0 bridgehead atoms. The predicted molar refractivity (Wildman–Crippen MR) is 118 cm³/mol. The number of hydrogen-bond acceptors (Lipinski definition) is 5. The number of aromatic nitrogens is 2. The molecular formula is C24H27N3O4. The molecule has 0 saturated carbocycles. The van der Waals surface area contributed by atoms with E-state index in [2.05, 4.69) is 15.3 Å². The summed E-state index contributed by atoms with van der Waals surface area (Å²) in [5, 5.41) is 12.8. The smallest absolute Gasteiger partial charge is 0.294 e. The van der Waals surface area contributed by atoms with Gasteiger partial charge < -0.3 is 20.1 Å². The number of nitrogens with one attached hydrogen (secondary N) is 2. The molecule has 3 aromatic rings. The van der Waals surface area contributed by atoms with Gasteiger partial charge in [-0.1, -0.05) is 73.5 Å². The minimum Gasteiger partial charge on any atom is -0.501 e. The molecule has 0 fully saturated rings. The average molecular weight is 421 g/mol. The number of H-pyrrole nitrogens is 1. The SMILES string of the molecule is CCCC(OCc1ccccc1)c1nc(C(=O)NCc2ccc(C)cc2)c(O)c(=O)[nH]1. The van der Waals surface area contributed by atoms with E-state index in [0.717, 1.165) is 23.1 Å². The van der Waals surface area contributed by atoms with Crippen LogP contribution in [-0.2, 0) is 17.9 Å². The zero-order valence-corrected chi connectivity index (χ0v) is 17.7. The van der Waals surface area contributed by atoms with Crippen LogP contribution in [-0.4, -0.2) is 21.0 Å². The van der Waals surface area contributed by atoms with Gasteiger partial charge in [0.05, 0.1) is 6.61 Å². The maximum Gasteiger partial charge on any atom is 0.294 e. The monoisotopic (exact) mass is 421 g/mol. The topological polar surface area (TPSA) is 104 Å². The van der Waals surface area contributed by atoms with Crippen molar-refractivity contribution in [3.05, 3.63) is 93.2 Å². The Morgan fingerprint density at radius 2 is 1.84 bits per heavy atom. The fourth-order valence-electron chi connectivity index (χ4n) is 3.10. The molecule has 1 atom stereocenters. The van der Waals surface area contributed by atoms with E-state index in [9.17, 15) is 14.7 Å². The summed E-state index contributed by atoms with van der Waals surface area (Å²) in [6.07, 6.45) is 0.881. The molecule has 7 heteroatoms. The molecule has 3 N–H and O–H groups in total. The van der Waals surface area contributed by atoms with E-state index in [1.807, 2.05) is 68.4 Å². The summed E-state index contributed by atoms with van der Waals surface area (Å²) in [5.74, 6) is -1.10. The number of ether oxygens (including phenoxy) is 1. The van der Waals surface area contributed by atoms with Crippen molar-refractivity contribution in [2.24, 2.45) is 0 Å². The summed E-state index contributed by atoms with van der Waals surface area (Å²) in [5.41, 5.74) is 1.93. The number of aromatic hydroxyl groups is 1. The Morgan fingerprint density at radius 1 is 1.13 bits per heavy atom. The van der Waals surface area contributed by atoms with Gasteiger partial charge in [0, 0.05) is 6.54 Å². The minimum absolute atomic E-state index is 0.223. The van der Waals surface area contributed by atoms with Crippen LogP contribution in [0, 0.1) is 6.92 Å². The second-order valence-electron chi connectivity index (χ2n) is 7.39. The van der Waals surface area contributed by atoms with Crippen molar-refractivity contribution in [2.75, 3.05) is 0 Å². The van der Waals surface area contributed by atoms with Gasteiger partial charge in [0.1, 0.15) is 11.9 Å². The summed E-state index contributed by atoms with van der Waals surface area (Å²) < 4.78 is 5.98. The van der Waals surface area contributed by atoms with Crippen LogP contribution in [0.15, 0.2) is 59.4 Å². The summed E-state index contributed by atoms with van der Waals surface area (Å²) in [6.45, 7) is 4.57. The molecule has 1 amide bonds. The van der Waals surface area contributed by atoms with Crippen LogP contribution in [0.3, 0.4) is 0 Å². The molecule has 1 unspecified atom stereocenters. The molecule has 31 heavy (non-hydrogen) atoms. The van der Waals surface area contributed by atoms with Gasteiger partial charge in [-0.3, -0.25) is 9.59 Å². The molecule has 7 nitrogen and oxygen atoms in total. The van der Waals surface area contributed by atoms with Gasteiger partial charge in [-0.25, -0.2) is 4.98 Å². The molecule has 0 aliphatic heterocycles. The lowest BCUT2D eigenvalue weighted by Gasteiger charge is -2.17. The lowest BCUT2D eigenvalue weighted by Crippen LogP contribution is -2.28. The summed E-state index contributed by atoms with van der Waals surface area (Å²) >= 11 is 0. The molecule has 1 aromatic heterocycles. The highest BCUT2D eigenvalue weighted by Crippen LogP contribution is 2.22. The molecular weight excluding hydrogens is 394 g/mol. The Labute approximate surface area is 181 Å². The fraction of sp³-hybridized carbons (Fsp3) is 0.292. The first-order valence-electron chi connectivity index (χ1n) is 10.3. The number of amides is 1. The number of carbonyl (C=O) groups excluding carboxylic acids is 1. The van der Waals surface area contributed by atoms with Crippen LogP contribution in [0.1, 0.15) is 58.9 Å². The lowest BCUT2D eigenvalue weighted by atomic mass is 10.1. The van der Waals surface area contributed by atoms with Gasteiger partial charge >= 0.3 is 0 Å². The Morgan fingerprint density at radius 3 is 2.52 bits per heavy atom. The Hall–Kier alpha value is -3.45. The molecule has 162 valence electrons. The van der Waals surface area contributed by atoms with E-state index in [0.29, 0.717) is 13.0 Å². The molecule has 1 heterocycles. The molecule has 0 aliphatic carbocycles. The van der Waals surface area contributed by atoms with Gasteiger partial charge in [-0.05, 0) is 24.5 Å². The highest BCUT2D eigenvalue weighted by atomic mass is 16.5. The standard InChI is InChI=1S/C24H27N3O4/c1-3-7-19(31-15-18-8-5-4-6-9-18)22-26-20(21(28)24(30)27-22)23(29)25-14-17-12-10-16(2)11-13-17/h4-6,8-13,19,28H,3,7,14-15H2,1-2H3,(H,25,29)(H,26,27,30). The predicted octanol–water partition coefficient (Wildman–Crippen LogP) is 3.77. The lowest BCUT2D eigenvalue weighted by molar-refractivity contribution is 0.0271. The van der Waals surface area contributed by atoms with E-state index in [-0.39, 0.29) is 18.1 Å². The van der Waals surface area contributed by atoms with E-state index in [1.165, 1.54) is 0 Å². The molecule has 0 spiro atoms. The van der Waals surface area contributed by atoms with Crippen molar-refractivity contribution in [2.45, 2.75) is 45.9 Å². The van der Waals surface area contributed by atoms with Crippen LogP contribution < -0.4 is 10.9 Å². The summed E-state index contributed by atoms with van der Waals surface area (Å²) in [6, 6.07) is 17.4. The van der Waals surface area contributed by atoms with E-state index in [1.54, 1.807) is 0 Å². The Kier molecular flexibility index (Phi) is 7.56. The first-order chi connectivity index (χ1) is 15.0. The van der Waals surface area contributed by atoms with E-state index < -0.39 is 23.3 Å². The Bertz CT molecular complexity index is 1060. The van der Waals surface area contributed by atoms with E-state index in [4.69, 9.17) is 4.74 Å². The van der Waals surface area contributed by atoms with Crippen molar-refractivity contribution in [3.63, 3.8) is 0 Å². The highest BCUT2D eigenvalue weighted by molar-refractivity contribution is 5.94. The second-order valence-corrected chi connectivity index (χ2v) is 7.39. The number of nitrogens with zero attached hydrogens (tertiary/aromatic N) is 1. The van der Waals surface area contributed by atoms with Gasteiger partial charge in [0.25, 0.3) is 11.5 Å². The molecule has 2 aromatic carbocycles. The average Bonchev–Trinajstić information content (AvgIpc) is 2.78. The second kappa shape index (κ2) is 10.5. The van der Waals surface area contributed by atoms with Gasteiger partial charge in [-0.2, -0.15) is 0 Å². The number of aromatic amines is 1. The quantitative estimate of drug-likeness (QED) is 0.488.